The zero-order valence-corrected chi connectivity index (χ0v) is 14.8. The predicted molar refractivity (Wildman–Crippen MR) is 104 cm³/mol. The van der Waals surface area contributed by atoms with Crippen LogP contribution in [0.2, 0.25) is 0 Å². The lowest BCUT2D eigenvalue weighted by atomic mass is 10.0. The Balaban J connectivity index is 1.71. The highest BCUT2D eigenvalue weighted by Gasteiger charge is 2.20. The molecular formula is C23H15F2N3. The molecule has 1 unspecified atom stereocenters. The van der Waals surface area contributed by atoms with Gasteiger partial charge < -0.3 is 4.98 Å². The van der Waals surface area contributed by atoms with E-state index in [9.17, 15) is 8.78 Å². The average Bonchev–Trinajstić information content (AvgIpc) is 3.37. The monoisotopic (exact) mass is 371 g/mol. The summed E-state index contributed by atoms with van der Waals surface area (Å²) in [5.41, 5.74) is 1.87. The molecule has 3 nitrogen and oxygen atoms in total. The van der Waals surface area contributed by atoms with Gasteiger partial charge >= 0.3 is 0 Å². The Hall–Kier alpha value is -3.83. The summed E-state index contributed by atoms with van der Waals surface area (Å²) in [6, 6.07) is 12.3. The van der Waals surface area contributed by atoms with Gasteiger partial charge in [0, 0.05) is 35.3 Å². The first kappa shape index (κ1) is 17.6. The fourth-order valence-electron chi connectivity index (χ4n) is 3.04. The van der Waals surface area contributed by atoms with Crippen molar-refractivity contribution in [3.63, 3.8) is 0 Å². The maximum Gasteiger partial charge on any atom is 0.128 e. The molecule has 1 atom stereocenters. The highest BCUT2D eigenvalue weighted by Crippen LogP contribution is 2.28. The summed E-state index contributed by atoms with van der Waals surface area (Å²) in [4.78, 5) is 2.92. The number of nitrogens with one attached hydrogen (secondary N) is 1. The van der Waals surface area contributed by atoms with Crippen molar-refractivity contribution in [2.45, 2.75) is 12.5 Å². The van der Waals surface area contributed by atoms with Crippen molar-refractivity contribution in [1.29, 1.82) is 0 Å². The average molecular weight is 371 g/mol. The van der Waals surface area contributed by atoms with E-state index in [0.717, 1.165) is 28.6 Å². The molecule has 0 saturated heterocycles. The molecule has 2 aromatic carbocycles. The van der Waals surface area contributed by atoms with Gasteiger partial charge in [0.1, 0.15) is 11.6 Å². The number of aromatic nitrogens is 3. The van der Waals surface area contributed by atoms with Crippen LogP contribution in [0.25, 0.3) is 10.9 Å². The second-order valence-corrected chi connectivity index (χ2v) is 6.19. The molecule has 0 aliphatic rings. The molecule has 0 saturated carbocycles. The van der Waals surface area contributed by atoms with Gasteiger partial charge in [-0.05, 0) is 42.2 Å². The standard InChI is InChI=1S/C23H15F2N3/c24-19-10-11-21(25)20(14-19)23(9-3-1-2-6-17-12-13-26-15-17)28-22-8-5-4-7-18(22)16-27-28/h4-5,7-8,10-16,23,26H,9H2. The van der Waals surface area contributed by atoms with Crippen molar-refractivity contribution >= 4 is 10.9 Å². The van der Waals surface area contributed by atoms with Crippen LogP contribution in [0.1, 0.15) is 23.6 Å². The maximum atomic E-state index is 14.5. The summed E-state index contributed by atoms with van der Waals surface area (Å²) in [5.74, 6) is 10.4. The van der Waals surface area contributed by atoms with E-state index in [1.165, 1.54) is 6.07 Å². The van der Waals surface area contributed by atoms with E-state index in [4.69, 9.17) is 0 Å². The van der Waals surface area contributed by atoms with Gasteiger partial charge in [0.2, 0.25) is 0 Å². The van der Waals surface area contributed by atoms with E-state index in [-0.39, 0.29) is 12.0 Å². The third-order valence-corrected chi connectivity index (χ3v) is 4.37. The molecule has 0 radical (unpaired) electrons. The van der Waals surface area contributed by atoms with Crippen molar-refractivity contribution in [3.05, 3.63) is 89.9 Å². The van der Waals surface area contributed by atoms with Crippen LogP contribution in [-0.2, 0) is 0 Å². The quantitative estimate of drug-likeness (QED) is 0.522. The number of hydrogen-bond acceptors (Lipinski definition) is 1. The van der Waals surface area contributed by atoms with Crippen molar-refractivity contribution in [3.8, 4) is 23.7 Å². The molecule has 0 fully saturated rings. The van der Waals surface area contributed by atoms with Gasteiger partial charge in [-0.3, -0.25) is 4.68 Å². The van der Waals surface area contributed by atoms with Gasteiger partial charge in [-0.15, -0.1) is 0 Å². The molecule has 0 spiro atoms. The van der Waals surface area contributed by atoms with Crippen LogP contribution in [0, 0.1) is 35.3 Å². The number of halogens is 2. The number of aromatic amines is 1. The number of hydrogen-bond donors (Lipinski definition) is 1. The topological polar surface area (TPSA) is 33.6 Å². The molecule has 0 aliphatic carbocycles. The van der Waals surface area contributed by atoms with Gasteiger partial charge in [0.25, 0.3) is 0 Å². The highest BCUT2D eigenvalue weighted by molar-refractivity contribution is 5.78. The normalized spacial score (nSPS) is 11.4. The zero-order valence-electron chi connectivity index (χ0n) is 14.8. The van der Waals surface area contributed by atoms with Crippen LogP contribution in [0.15, 0.2) is 67.1 Å². The Kier molecular flexibility index (Phi) is 4.91. The van der Waals surface area contributed by atoms with Crippen molar-refractivity contribution in [1.82, 2.24) is 14.8 Å². The van der Waals surface area contributed by atoms with Crippen LogP contribution in [0.4, 0.5) is 8.78 Å². The minimum Gasteiger partial charge on any atom is -0.367 e. The Morgan fingerprint density at radius 1 is 1.07 bits per heavy atom. The molecule has 0 amide bonds. The number of para-hydroxylation sites is 1. The van der Waals surface area contributed by atoms with Gasteiger partial charge in [-0.2, -0.15) is 5.10 Å². The van der Waals surface area contributed by atoms with Gasteiger partial charge in [-0.1, -0.05) is 30.0 Å². The lowest BCUT2D eigenvalue weighted by molar-refractivity contribution is 0.503. The number of nitrogens with zero attached hydrogens (tertiary/aromatic N) is 2. The smallest absolute Gasteiger partial charge is 0.128 e. The molecule has 136 valence electrons. The Bertz CT molecular complexity index is 1230. The van der Waals surface area contributed by atoms with E-state index < -0.39 is 17.7 Å². The van der Waals surface area contributed by atoms with Crippen molar-refractivity contribution in [2.24, 2.45) is 0 Å². The molecule has 5 heteroatoms. The lowest BCUT2D eigenvalue weighted by Crippen LogP contribution is -2.13. The third-order valence-electron chi connectivity index (χ3n) is 4.37. The Morgan fingerprint density at radius 3 is 2.82 bits per heavy atom. The molecular weight excluding hydrogens is 356 g/mol. The third kappa shape index (κ3) is 3.65. The number of fused-ring (bicyclic) bond motifs is 1. The van der Waals surface area contributed by atoms with E-state index in [1.54, 1.807) is 23.3 Å². The maximum absolute atomic E-state index is 14.5. The molecule has 4 aromatic rings. The molecule has 2 heterocycles. The fourth-order valence-corrected chi connectivity index (χ4v) is 3.04. The largest absolute Gasteiger partial charge is 0.367 e. The fraction of sp³-hybridized carbons (Fsp3) is 0.0870. The second kappa shape index (κ2) is 7.82. The molecule has 28 heavy (non-hydrogen) atoms. The minimum atomic E-state index is -0.572. The lowest BCUT2D eigenvalue weighted by Gasteiger charge is -2.17. The minimum absolute atomic E-state index is 0.210. The SMILES string of the molecule is Fc1ccc(F)c(C(CC#CC#Cc2cc[nH]c2)n2ncc3ccccc32)c1. The summed E-state index contributed by atoms with van der Waals surface area (Å²) < 4.78 is 30.0. The van der Waals surface area contributed by atoms with E-state index in [0.29, 0.717) is 0 Å². The highest BCUT2D eigenvalue weighted by atomic mass is 19.1. The van der Waals surface area contributed by atoms with Gasteiger partial charge in [0.05, 0.1) is 17.8 Å². The second-order valence-electron chi connectivity index (χ2n) is 6.19. The number of H-pyrrole nitrogens is 1. The predicted octanol–water partition coefficient (Wildman–Crippen LogP) is 4.68. The molecule has 2 aromatic heterocycles. The van der Waals surface area contributed by atoms with Crippen molar-refractivity contribution in [2.75, 3.05) is 0 Å². The van der Waals surface area contributed by atoms with Gasteiger partial charge in [0.15, 0.2) is 0 Å². The first-order valence-electron chi connectivity index (χ1n) is 8.71. The number of benzene rings is 2. The van der Waals surface area contributed by atoms with E-state index in [1.807, 2.05) is 30.3 Å². The summed E-state index contributed by atoms with van der Waals surface area (Å²) in [7, 11) is 0. The first-order chi connectivity index (χ1) is 13.7. The van der Waals surface area contributed by atoms with Gasteiger partial charge in [-0.25, -0.2) is 8.78 Å². The van der Waals surface area contributed by atoms with Crippen molar-refractivity contribution < 1.29 is 8.78 Å². The summed E-state index contributed by atoms with van der Waals surface area (Å²) in [6.07, 6.45) is 5.51. The summed E-state index contributed by atoms with van der Waals surface area (Å²) in [5, 5.41) is 5.32. The first-order valence-corrected chi connectivity index (χ1v) is 8.71. The molecule has 0 aliphatic heterocycles. The Morgan fingerprint density at radius 2 is 1.96 bits per heavy atom. The van der Waals surface area contributed by atoms with Crippen LogP contribution >= 0.6 is 0 Å². The van der Waals surface area contributed by atoms with Crippen LogP contribution in [0.5, 0.6) is 0 Å². The zero-order chi connectivity index (χ0) is 19.3. The van der Waals surface area contributed by atoms with E-state index in [2.05, 4.69) is 33.8 Å². The van der Waals surface area contributed by atoms with Crippen LogP contribution in [-0.4, -0.2) is 14.8 Å². The summed E-state index contributed by atoms with van der Waals surface area (Å²) >= 11 is 0. The molecule has 1 N–H and O–H groups in total. The van der Waals surface area contributed by atoms with Crippen LogP contribution < -0.4 is 0 Å². The number of rotatable bonds is 3. The van der Waals surface area contributed by atoms with Crippen LogP contribution in [0.3, 0.4) is 0 Å². The Labute approximate surface area is 161 Å². The molecule has 4 rings (SSSR count). The van der Waals surface area contributed by atoms with E-state index >= 15 is 0 Å². The summed E-state index contributed by atoms with van der Waals surface area (Å²) in [6.45, 7) is 0. The molecule has 0 bridgehead atoms.